The lowest BCUT2D eigenvalue weighted by atomic mass is 9.84. The first kappa shape index (κ1) is 22.0. The van der Waals surface area contributed by atoms with Gasteiger partial charge in [0.2, 0.25) is 5.91 Å². The molecule has 1 aromatic rings. The van der Waals surface area contributed by atoms with Crippen LogP contribution in [0.3, 0.4) is 0 Å². The summed E-state index contributed by atoms with van der Waals surface area (Å²) in [7, 11) is 0. The number of aliphatic carboxylic acids is 1. The lowest BCUT2D eigenvalue weighted by Gasteiger charge is -2.35. The number of nitrogens with one attached hydrogen (secondary N) is 1. The Morgan fingerprint density at radius 1 is 1.34 bits per heavy atom. The smallest absolute Gasteiger partial charge is 0.475 e. The number of thiazole rings is 1. The number of amides is 1. The van der Waals surface area contributed by atoms with E-state index < -0.39 is 12.1 Å². The number of rotatable bonds is 5. The monoisotopic (exact) mass is 435 g/mol. The summed E-state index contributed by atoms with van der Waals surface area (Å²) in [6.45, 7) is 4.70. The van der Waals surface area contributed by atoms with Crippen LogP contribution in [0, 0.1) is 17.8 Å². The van der Waals surface area contributed by atoms with Crippen molar-refractivity contribution in [2.24, 2.45) is 17.8 Å². The van der Waals surface area contributed by atoms with E-state index in [1.54, 1.807) is 11.3 Å². The fourth-order valence-corrected chi connectivity index (χ4v) is 4.39. The van der Waals surface area contributed by atoms with Gasteiger partial charge in [0, 0.05) is 36.5 Å². The predicted molar refractivity (Wildman–Crippen MR) is 98.2 cm³/mol. The Bertz CT molecular complexity index is 697. The average molecular weight is 435 g/mol. The molecule has 1 saturated carbocycles. The first-order chi connectivity index (χ1) is 13.7. The van der Waals surface area contributed by atoms with Gasteiger partial charge in [0.1, 0.15) is 5.01 Å². The normalized spacial score (nSPS) is 26.9. The summed E-state index contributed by atoms with van der Waals surface area (Å²) in [5.41, 5.74) is 0. The molecular formula is C18H24F3N3O4S. The van der Waals surface area contributed by atoms with Crippen molar-refractivity contribution in [1.29, 1.82) is 0 Å². The minimum atomic E-state index is -5.08. The molecule has 0 radical (unpaired) electrons. The fourth-order valence-electron chi connectivity index (χ4n) is 3.73. The lowest BCUT2D eigenvalue weighted by Crippen LogP contribution is -2.43. The van der Waals surface area contributed by atoms with Gasteiger partial charge in [-0.15, -0.1) is 11.3 Å². The number of alkyl halides is 3. The molecule has 7 nitrogen and oxygen atoms in total. The molecule has 3 atom stereocenters. The van der Waals surface area contributed by atoms with Gasteiger partial charge >= 0.3 is 12.1 Å². The lowest BCUT2D eigenvalue weighted by molar-refractivity contribution is -0.192. The zero-order chi connectivity index (χ0) is 21.0. The van der Waals surface area contributed by atoms with Crippen LogP contribution in [0.2, 0.25) is 0 Å². The first-order valence-corrected chi connectivity index (χ1v) is 10.4. The van der Waals surface area contributed by atoms with Gasteiger partial charge in [-0.25, -0.2) is 9.78 Å². The average Bonchev–Trinajstić information content (AvgIpc) is 3.25. The molecule has 4 rings (SSSR count). The maximum atomic E-state index is 11.8. The van der Waals surface area contributed by atoms with E-state index in [9.17, 15) is 18.0 Å². The molecule has 0 aromatic carbocycles. The molecule has 162 valence electrons. The number of ether oxygens (including phenoxy) is 1. The number of aromatic nitrogens is 1. The molecule has 2 saturated heterocycles. The van der Waals surface area contributed by atoms with Crippen LogP contribution in [0.4, 0.5) is 13.2 Å². The van der Waals surface area contributed by atoms with Gasteiger partial charge in [-0.05, 0) is 31.7 Å². The maximum absolute atomic E-state index is 11.8. The molecule has 1 aliphatic carbocycles. The van der Waals surface area contributed by atoms with Crippen molar-refractivity contribution in [2.45, 2.75) is 38.1 Å². The van der Waals surface area contributed by atoms with Gasteiger partial charge in [0.15, 0.2) is 0 Å². The van der Waals surface area contributed by atoms with E-state index in [2.05, 4.69) is 15.2 Å². The Balaban J connectivity index is 0.000000298. The van der Waals surface area contributed by atoms with Gasteiger partial charge in [0.05, 0.1) is 19.3 Å². The number of hydrogen-bond acceptors (Lipinski definition) is 6. The molecule has 3 fully saturated rings. The zero-order valence-corrected chi connectivity index (χ0v) is 16.5. The quantitative estimate of drug-likeness (QED) is 0.737. The summed E-state index contributed by atoms with van der Waals surface area (Å²) in [4.78, 5) is 27.5. The highest BCUT2D eigenvalue weighted by molar-refractivity contribution is 7.09. The summed E-state index contributed by atoms with van der Waals surface area (Å²) >= 11 is 1.73. The van der Waals surface area contributed by atoms with Crippen molar-refractivity contribution in [3.05, 3.63) is 16.6 Å². The topological polar surface area (TPSA) is 91.8 Å². The van der Waals surface area contributed by atoms with Crippen LogP contribution in [0.5, 0.6) is 0 Å². The van der Waals surface area contributed by atoms with Crippen LogP contribution in [0.1, 0.15) is 24.3 Å². The number of hydrogen-bond donors (Lipinski definition) is 2. The van der Waals surface area contributed by atoms with E-state index in [4.69, 9.17) is 14.6 Å². The molecule has 1 aromatic heterocycles. The SMILES string of the molecule is O=C(NC[C@H]1OC[C@H]2CN(Cc3nccs3)CC[C@H]21)C1CC1.O=C(O)C(F)(F)F. The van der Waals surface area contributed by atoms with Crippen LogP contribution in [-0.2, 0) is 20.9 Å². The van der Waals surface area contributed by atoms with Crippen LogP contribution >= 0.6 is 11.3 Å². The number of halogens is 3. The van der Waals surface area contributed by atoms with E-state index in [-0.39, 0.29) is 17.9 Å². The summed E-state index contributed by atoms with van der Waals surface area (Å²) in [5, 5.41) is 13.4. The first-order valence-electron chi connectivity index (χ1n) is 9.54. The number of carboxylic acid groups (broad SMARTS) is 1. The molecule has 2 aliphatic heterocycles. The maximum Gasteiger partial charge on any atom is 0.490 e. The molecule has 0 unspecified atom stereocenters. The summed E-state index contributed by atoms with van der Waals surface area (Å²) in [6.07, 6.45) is 0.309. The molecule has 3 heterocycles. The van der Waals surface area contributed by atoms with Gasteiger partial charge in [-0.1, -0.05) is 0 Å². The van der Waals surface area contributed by atoms with Gasteiger partial charge in [-0.2, -0.15) is 13.2 Å². The van der Waals surface area contributed by atoms with E-state index >= 15 is 0 Å². The third kappa shape index (κ3) is 6.38. The summed E-state index contributed by atoms with van der Waals surface area (Å²) in [5.74, 6) is -1.03. The van der Waals surface area contributed by atoms with Crippen molar-refractivity contribution in [3.8, 4) is 0 Å². The molecule has 3 aliphatic rings. The van der Waals surface area contributed by atoms with Crippen molar-refractivity contribution < 1.29 is 32.6 Å². The number of carbonyl (C=O) groups is 2. The van der Waals surface area contributed by atoms with Crippen molar-refractivity contribution in [3.63, 3.8) is 0 Å². The summed E-state index contributed by atoms with van der Waals surface area (Å²) < 4.78 is 37.7. The van der Waals surface area contributed by atoms with Gasteiger partial charge in [-0.3, -0.25) is 9.69 Å². The minimum absolute atomic E-state index is 0.217. The highest BCUT2D eigenvalue weighted by Gasteiger charge is 2.41. The third-order valence-electron chi connectivity index (χ3n) is 5.39. The second-order valence-corrected chi connectivity index (χ2v) is 8.55. The number of fused-ring (bicyclic) bond motifs is 1. The molecule has 2 N–H and O–H groups in total. The van der Waals surface area contributed by atoms with E-state index in [0.717, 1.165) is 39.1 Å². The number of nitrogens with zero attached hydrogens (tertiary/aromatic N) is 2. The molecular weight excluding hydrogens is 411 g/mol. The highest BCUT2D eigenvalue weighted by atomic mass is 32.1. The van der Waals surface area contributed by atoms with Gasteiger partial charge in [0.25, 0.3) is 0 Å². The Kier molecular flexibility index (Phi) is 7.12. The Morgan fingerprint density at radius 2 is 2.07 bits per heavy atom. The van der Waals surface area contributed by atoms with Crippen LogP contribution in [0.15, 0.2) is 11.6 Å². The second kappa shape index (κ2) is 9.40. The number of carboxylic acids is 1. The zero-order valence-electron chi connectivity index (χ0n) is 15.7. The fraction of sp³-hybridized carbons (Fsp3) is 0.722. The van der Waals surface area contributed by atoms with Gasteiger partial charge < -0.3 is 15.2 Å². The van der Waals surface area contributed by atoms with Crippen LogP contribution in [-0.4, -0.2) is 65.4 Å². The van der Waals surface area contributed by atoms with Crippen molar-refractivity contribution in [1.82, 2.24) is 15.2 Å². The third-order valence-corrected chi connectivity index (χ3v) is 6.15. The highest BCUT2D eigenvalue weighted by Crippen LogP contribution is 2.35. The van der Waals surface area contributed by atoms with Crippen molar-refractivity contribution in [2.75, 3.05) is 26.2 Å². The molecule has 0 spiro atoms. The van der Waals surface area contributed by atoms with Crippen molar-refractivity contribution >= 4 is 23.2 Å². The minimum Gasteiger partial charge on any atom is -0.475 e. The van der Waals surface area contributed by atoms with Crippen LogP contribution in [0.25, 0.3) is 0 Å². The Labute approximate surface area is 170 Å². The Morgan fingerprint density at radius 3 is 2.66 bits per heavy atom. The number of piperidine rings is 1. The van der Waals surface area contributed by atoms with E-state index in [1.165, 1.54) is 11.4 Å². The summed E-state index contributed by atoms with van der Waals surface area (Å²) in [6, 6.07) is 0. The Hall–Kier alpha value is -1.72. The standard InChI is InChI=1S/C16H23N3O2S.C2HF3O2/c20-16(11-1-2-11)18-7-14-13-3-5-19(8-12(13)10-21-14)9-15-17-4-6-22-15;3-2(4,5)1(6)7/h4,6,11-14H,1-3,5,7-10H2,(H,18,20);(H,6,7)/t12-,13-,14-;/m1./s1. The number of carbonyl (C=O) groups excluding carboxylic acids is 1. The second-order valence-electron chi connectivity index (χ2n) is 7.57. The molecule has 1 amide bonds. The predicted octanol–water partition coefficient (Wildman–Crippen LogP) is 2.14. The molecule has 29 heavy (non-hydrogen) atoms. The van der Waals surface area contributed by atoms with E-state index in [0.29, 0.717) is 18.4 Å². The van der Waals surface area contributed by atoms with Crippen LogP contribution < -0.4 is 5.32 Å². The number of likely N-dealkylation sites (tertiary alicyclic amines) is 1. The molecule has 11 heteroatoms. The largest absolute Gasteiger partial charge is 0.490 e. The van der Waals surface area contributed by atoms with E-state index in [1.807, 2.05) is 11.6 Å². The molecule has 0 bridgehead atoms.